The fourth-order valence-electron chi connectivity index (χ4n) is 3.77. The van der Waals surface area contributed by atoms with Gasteiger partial charge in [-0.2, -0.15) is 0 Å². The smallest absolute Gasteiger partial charge is 0.257 e. The van der Waals surface area contributed by atoms with Crippen LogP contribution < -0.4 is 10.9 Å². The number of carbonyl (C=O) groups excluding carboxylic acids is 1. The van der Waals surface area contributed by atoms with E-state index in [0.29, 0.717) is 10.9 Å². The molecule has 2 aliphatic rings. The summed E-state index contributed by atoms with van der Waals surface area (Å²) in [4.78, 5) is 34.5. The quantitative estimate of drug-likeness (QED) is 0.685. The molecule has 3 heterocycles. The highest BCUT2D eigenvalue weighted by atomic mass is 32.2. The van der Waals surface area contributed by atoms with E-state index in [0.717, 1.165) is 45.9 Å². The van der Waals surface area contributed by atoms with Gasteiger partial charge in [-0.05, 0) is 43.9 Å². The van der Waals surface area contributed by atoms with E-state index in [9.17, 15) is 9.59 Å². The summed E-state index contributed by atoms with van der Waals surface area (Å²) < 4.78 is 2.79. The predicted molar refractivity (Wildman–Crippen MR) is 108 cm³/mol. The Bertz CT molecular complexity index is 1130. The summed E-state index contributed by atoms with van der Waals surface area (Å²) in [5.41, 5.74) is 3.90. The van der Waals surface area contributed by atoms with E-state index >= 15 is 0 Å². The summed E-state index contributed by atoms with van der Waals surface area (Å²) in [7, 11) is 0. The Morgan fingerprint density at radius 3 is 3.11 bits per heavy atom. The van der Waals surface area contributed by atoms with Crippen molar-refractivity contribution in [2.45, 2.75) is 43.8 Å². The van der Waals surface area contributed by atoms with E-state index in [4.69, 9.17) is 0 Å². The first-order chi connectivity index (χ1) is 13.1. The molecular formula is C19H18N4O2S2. The number of amides is 1. The molecule has 1 aliphatic heterocycles. The largest absolute Gasteiger partial charge is 0.302 e. The molecule has 0 radical (unpaired) electrons. The average Bonchev–Trinajstić information content (AvgIpc) is 3.33. The van der Waals surface area contributed by atoms with E-state index in [1.165, 1.54) is 16.9 Å². The van der Waals surface area contributed by atoms with Gasteiger partial charge in [-0.1, -0.05) is 29.2 Å². The monoisotopic (exact) mass is 398 g/mol. The average molecular weight is 399 g/mol. The van der Waals surface area contributed by atoms with Gasteiger partial charge in [0.05, 0.1) is 22.0 Å². The molecule has 138 valence electrons. The van der Waals surface area contributed by atoms with Crippen molar-refractivity contribution in [2.24, 2.45) is 0 Å². The topological polar surface area (TPSA) is 76.9 Å². The van der Waals surface area contributed by atoms with Crippen LogP contribution in [0.15, 0.2) is 28.2 Å². The molecule has 1 N–H and O–H groups in total. The third-order valence-corrected chi connectivity index (χ3v) is 7.11. The van der Waals surface area contributed by atoms with Gasteiger partial charge in [0.15, 0.2) is 10.3 Å². The Morgan fingerprint density at radius 1 is 1.33 bits per heavy atom. The van der Waals surface area contributed by atoms with Crippen LogP contribution in [-0.4, -0.2) is 26.2 Å². The Morgan fingerprint density at radius 2 is 2.22 bits per heavy atom. The number of aryl methyl sites for hydroxylation is 2. The van der Waals surface area contributed by atoms with Crippen LogP contribution in [-0.2, 0) is 17.6 Å². The van der Waals surface area contributed by atoms with Crippen LogP contribution >= 0.6 is 23.1 Å². The molecule has 1 atom stereocenters. The summed E-state index contributed by atoms with van der Waals surface area (Å²) in [6.45, 7) is 2.04. The van der Waals surface area contributed by atoms with Gasteiger partial charge in [0.25, 0.3) is 5.56 Å². The molecule has 3 aromatic rings. The number of fused-ring (bicyclic) bond motifs is 3. The third kappa shape index (κ3) is 2.96. The van der Waals surface area contributed by atoms with E-state index in [-0.39, 0.29) is 23.9 Å². The minimum absolute atomic E-state index is 0.0470. The zero-order chi connectivity index (χ0) is 18.5. The number of carbonyl (C=O) groups is 1. The highest BCUT2D eigenvalue weighted by Gasteiger charge is 2.31. The SMILES string of the molecule is Cc1ccc2nc(NC(=O)CC3CSc4nc5c(c(=O)n43)CCC5)sc2c1. The molecule has 27 heavy (non-hydrogen) atoms. The number of thiazole rings is 1. The van der Waals surface area contributed by atoms with Gasteiger partial charge in [-0.15, -0.1) is 0 Å². The predicted octanol–water partition coefficient (Wildman–Crippen LogP) is 3.33. The van der Waals surface area contributed by atoms with Gasteiger partial charge in [-0.25, -0.2) is 9.97 Å². The molecular weight excluding hydrogens is 380 g/mol. The van der Waals surface area contributed by atoms with E-state index < -0.39 is 0 Å². The van der Waals surface area contributed by atoms with Gasteiger partial charge in [0, 0.05) is 17.7 Å². The second-order valence-electron chi connectivity index (χ2n) is 7.06. The van der Waals surface area contributed by atoms with Crippen molar-refractivity contribution >= 4 is 44.4 Å². The third-order valence-electron chi connectivity index (χ3n) is 5.08. The highest BCUT2D eigenvalue weighted by Crippen LogP contribution is 2.34. The van der Waals surface area contributed by atoms with Crippen LogP contribution in [0.25, 0.3) is 10.2 Å². The van der Waals surface area contributed by atoms with Crippen molar-refractivity contribution in [1.82, 2.24) is 14.5 Å². The molecule has 0 bridgehead atoms. The number of anilines is 1. The molecule has 0 saturated carbocycles. The zero-order valence-electron chi connectivity index (χ0n) is 14.8. The first-order valence-corrected chi connectivity index (χ1v) is 10.8. The van der Waals surface area contributed by atoms with Crippen molar-refractivity contribution in [2.75, 3.05) is 11.1 Å². The lowest BCUT2D eigenvalue weighted by Crippen LogP contribution is -2.30. The molecule has 1 amide bonds. The standard InChI is InChI=1S/C19H18N4O2S2/c1-10-5-6-14-15(7-10)27-18(20-14)22-16(24)8-11-9-26-19-21-13-4-2-3-12(13)17(25)23(11)19/h5-7,11H,2-4,8-9H2,1H3,(H,20,22,24). The van der Waals surface area contributed by atoms with Crippen LogP contribution in [0.2, 0.25) is 0 Å². The van der Waals surface area contributed by atoms with E-state index in [1.807, 2.05) is 19.1 Å². The number of rotatable bonds is 3. The second-order valence-corrected chi connectivity index (χ2v) is 9.07. The zero-order valence-corrected chi connectivity index (χ0v) is 16.5. The summed E-state index contributed by atoms with van der Waals surface area (Å²) in [6, 6.07) is 5.90. The van der Waals surface area contributed by atoms with Crippen molar-refractivity contribution < 1.29 is 4.79 Å². The molecule has 2 aromatic heterocycles. The maximum atomic E-state index is 12.8. The van der Waals surface area contributed by atoms with E-state index in [2.05, 4.69) is 21.4 Å². The number of hydrogen-bond acceptors (Lipinski definition) is 6. The highest BCUT2D eigenvalue weighted by molar-refractivity contribution is 7.99. The van der Waals surface area contributed by atoms with Gasteiger partial charge in [0.2, 0.25) is 5.91 Å². The number of aromatic nitrogens is 3. The van der Waals surface area contributed by atoms with Gasteiger partial charge >= 0.3 is 0 Å². The first kappa shape index (κ1) is 16.9. The summed E-state index contributed by atoms with van der Waals surface area (Å²) >= 11 is 3.04. The summed E-state index contributed by atoms with van der Waals surface area (Å²) in [5.74, 6) is 0.592. The molecule has 0 fully saturated rings. The number of thioether (sulfide) groups is 1. The maximum absolute atomic E-state index is 12.8. The normalized spacial score (nSPS) is 17.9. The lowest BCUT2D eigenvalue weighted by molar-refractivity contribution is -0.116. The molecule has 0 spiro atoms. The Kier molecular flexibility index (Phi) is 4.05. The number of nitrogens with one attached hydrogen (secondary N) is 1. The van der Waals surface area contributed by atoms with Gasteiger partial charge < -0.3 is 5.32 Å². The fraction of sp³-hybridized carbons (Fsp3) is 0.368. The van der Waals surface area contributed by atoms with Crippen molar-refractivity contribution in [3.8, 4) is 0 Å². The first-order valence-electron chi connectivity index (χ1n) is 9.02. The minimum atomic E-state index is -0.146. The lowest BCUT2D eigenvalue weighted by Gasteiger charge is -2.13. The molecule has 8 heteroatoms. The molecule has 5 rings (SSSR count). The maximum Gasteiger partial charge on any atom is 0.257 e. The Labute approximate surface area is 164 Å². The van der Waals surface area contributed by atoms with Crippen LogP contribution in [0, 0.1) is 6.92 Å². The second kappa shape index (κ2) is 6.45. The lowest BCUT2D eigenvalue weighted by atomic mass is 10.2. The Hall–Kier alpha value is -2.19. The summed E-state index contributed by atoms with van der Waals surface area (Å²) in [6.07, 6.45) is 2.95. The molecule has 1 unspecified atom stereocenters. The summed E-state index contributed by atoms with van der Waals surface area (Å²) in [5, 5.41) is 4.26. The van der Waals surface area contributed by atoms with Crippen molar-refractivity contribution in [3.05, 3.63) is 45.4 Å². The number of benzene rings is 1. The van der Waals surface area contributed by atoms with Gasteiger partial charge in [0.1, 0.15) is 0 Å². The minimum Gasteiger partial charge on any atom is -0.302 e. The van der Waals surface area contributed by atoms with Crippen LogP contribution in [0.3, 0.4) is 0 Å². The number of hydrogen-bond donors (Lipinski definition) is 1. The number of nitrogens with zero attached hydrogens (tertiary/aromatic N) is 3. The van der Waals surface area contributed by atoms with E-state index in [1.54, 1.807) is 16.3 Å². The van der Waals surface area contributed by atoms with Crippen LogP contribution in [0.5, 0.6) is 0 Å². The molecule has 1 aromatic carbocycles. The van der Waals surface area contributed by atoms with Crippen molar-refractivity contribution in [3.63, 3.8) is 0 Å². The van der Waals surface area contributed by atoms with Crippen LogP contribution in [0.4, 0.5) is 5.13 Å². The molecule has 0 saturated heterocycles. The fourth-order valence-corrected chi connectivity index (χ4v) is 5.91. The molecule has 6 nitrogen and oxygen atoms in total. The molecule has 1 aliphatic carbocycles. The van der Waals surface area contributed by atoms with Crippen LogP contribution in [0.1, 0.15) is 35.7 Å². The van der Waals surface area contributed by atoms with Crippen molar-refractivity contribution in [1.29, 1.82) is 0 Å². The Balaban J connectivity index is 1.36. The van der Waals surface area contributed by atoms with Gasteiger partial charge in [-0.3, -0.25) is 14.2 Å².